The second-order valence-electron chi connectivity index (χ2n) is 8.66. The Morgan fingerprint density at radius 1 is 1.06 bits per heavy atom. The highest BCUT2D eigenvalue weighted by molar-refractivity contribution is 7.89. The van der Waals surface area contributed by atoms with Gasteiger partial charge in [-0.15, -0.1) is 0 Å². The number of hydrogen-bond acceptors (Lipinski definition) is 5. The Hall–Kier alpha value is -2.71. The van der Waals surface area contributed by atoms with Gasteiger partial charge in [-0.3, -0.25) is 9.59 Å². The molecule has 0 aliphatic carbocycles. The van der Waals surface area contributed by atoms with Gasteiger partial charge in [0, 0.05) is 19.0 Å². The van der Waals surface area contributed by atoms with E-state index in [1.165, 1.54) is 11.4 Å². The number of aryl methyl sites for hydroxylation is 3. The van der Waals surface area contributed by atoms with Crippen LogP contribution < -0.4 is 5.32 Å². The van der Waals surface area contributed by atoms with Crippen LogP contribution in [0.1, 0.15) is 47.6 Å². The molecule has 8 heteroatoms. The molecule has 33 heavy (non-hydrogen) atoms. The Morgan fingerprint density at radius 2 is 1.64 bits per heavy atom. The van der Waals surface area contributed by atoms with E-state index < -0.39 is 22.0 Å². The molecule has 1 saturated heterocycles. The van der Waals surface area contributed by atoms with Crippen molar-refractivity contribution in [3.8, 4) is 0 Å². The Bertz CT molecular complexity index is 1080. The van der Waals surface area contributed by atoms with Crippen molar-refractivity contribution in [1.29, 1.82) is 0 Å². The molecule has 1 fully saturated rings. The lowest BCUT2D eigenvalue weighted by Gasteiger charge is -2.32. The van der Waals surface area contributed by atoms with Crippen molar-refractivity contribution in [2.75, 3.05) is 20.2 Å². The van der Waals surface area contributed by atoms with Crippen LogP contribution in [0.5, 0.6) is 0 Å². The van der Waals surface area contributed by atoms with Crippen LogP contribution in [-0.2, 0) is 24.3 Å². The molecule has 0 radical (unpaired) electrons. The molecule has 0 spiro atoms. The number of methoxy groups -OCH3 is 1. The minimum Gasteiger partial charge on any atom is -0.469 e. The molecule has 1 amide bonds. The van der Waals surface area contributed by atoms with E-state index >= 15 is 0 Å². The van der Waals surface area contributed by atoms with Gasteiger partial charge in [-0.25, -0.2) is 8.42 Å². The van der Waals surface area contributed by atoms with Crippen molar-refractivity contribution in [1.82, 2.24) is 9.62 Å². The zero-order valence-corrected chi connectivity index (χ0v) is 20.4. The number of nitrogens with zero attached hydrogens (tertiary/aromatic N) is 1. The summed E-state index contributed by atoms with van der Waals surface area (Å²) in [6.45, 7) is 6.14. The first-order chi connectivity index (χ1) is 15.6. The van der Waals surface area contributed by atoms with E-state index in [0.29, 0.717) is 17.7 Å². The Kier molecular flexibility index (Phi) is 7.92. The Balaban J connectivity index is 1.68. The molecule has 1 heterocycles. The molecule has 1 N–H and O–H groups in total. The van der Waals surface area contributed by atoms with Crippen LogP contribution in [0.25, 0.3) is 0 Å². The minimum absolute atomic E-state index is 0.0332. The third-order valence-electron chi connectivity index (χ3n) is 6.14. The fourth-order valence-corrected chi connectivity index (χ4v) is 6.42. The highest BCUT2D eigenvalue weighted by Gasteiger charge is 2.34. The van der Waals surface area contributed by atoms with E-state index in [0.717, 1.165) is 22.3 Å². The van der Waals surface area contributed by atoms with Crippen LogP contribution in [0.3, 0.4) is 0 Å². The number of ether oxygens (including phenoxy) is 1. The Morgan fingerprint density at radius 3 is 2.18 bits per heavy atom. The average molecular weight is 473 g/mol. The SMILES string of the molecule is COC(=O)CC(NC(=O)C1CCN(S(=O)(=O)c2c(C)cc(C)cc2C)CC1)c1ccccc1. The number of carbonyl (C=O) groups is 2. The summed E-state index contributed by atoms with van der Waals surface area (Å²) in [5.74, 6) is -0.901. The highest BCUT2D eigenvalue weighted by Crippen LogP contribution is 2.29. The van der Waals surface area contributed by atoms with Crippen molar-refractivity contribution in [2.45, 2.75) is 51.0 Å². The molecule has 178 valence electrons. The largest absolute Gasteiger partial charge is 0.469 e. The summed E-state index contributed by atoms with van der Waals surface area (Å²) in [4.78, 5) is 25.2. The van der Waals surface area contributed by atoms with Crippen molar-refractivity contribution >= 4 is 21.9 Å². The molecule has 1 unspecified atom stereocenters. The molecule has 0 saturated carbocycles. The van der Waals surface area contributed by atoms with Crippen LogP contribution in [-0.4, -0.2) is 44.8 Å². The first kappa shape index (κ1) is 24.9. The predicted molar refractivity (Wildman–Crippen MR) is 126 cm³/mol. The van der Waals surface area contributed by atoms with Crippen molar-refractivity contribution in [3.63, 3.8) is 0 Å². The zero-order chi connectivity index (χ0) is 24.2. The van der Waals surface area contributed by atoms with E-state index in [-0.39, 0.29) is 31.3 Å². The number of benzene rings is 2. The number of sulfonamides is 1. The van der Waals surface area contributed by atoms with Gasteiger partial charge in [0.1, 0.15) is 0 Å². The maximum Gasteiger partial charge on any atom is 0.307 e. The van der Waals surface area contributed by atoms with Gasteiger partial charge in [-0.1, -0.05) is 48.0 Å². The lowest BCUT2D eigenvalue weighted by atomic mass is 9.95. The van der Waals surface area contributed by atoms with Gasteiger partial charge >= 0.3 is 5.97 Å². The van der Waals surface area contributed by atoms with E-state index in [1.54, 1.807) is 0 Å². The summed E-state index contributed by atoms with van der Waals surface area (Å²) in [6, 6.07) is 12.6. The van der Waals surface area contributed by atoms with Crippen molar-refractivity contribution in [3.05, 3.63) is 64.7 Å². The number of esters is 1. The Labute approximate surface area is 196 Å². The minimum atomic E-state index is -3.63. The summed E-state index contributed by atoms with van der Waals surface area (Å²) in [7, 11) is -2.31. The van der Waals surface area contributed by atoms with Crippen LogP contribution >= 0.6 is 0 Å². The predicted octanol–water partition coefficient (Wildman–Crippen LogP) is 3.43. The average Bonchev–Trinajstić information content (AvgIpc) is 2.78. The van der Waals surface area contributed by atoms with Gasteiger partial charge in [0.15, 0.2) is 0 Å². The van der Waals surface area contributed by atoms with Crippen LogP contribution in [0, 0.1) is 26.7 Å². The maximum atomic E-state index is 13.3. The van der Waals surface area contributed by atoms with Crippen LogP contribution in [0.15, 0.2) is 47.4 Å². The molecule has 0 bridgehead atoms. The monoisotopic (exact) mass is 472 g/mol. The molecule has 0 aromatic heterocycles. The van der Waals surface area contributed by atoms with Gasteiger partial charge in [0.05, 0.1) is 24.5 Å². The number of hydrogen-bond donors (Lipinski definition) is 1. The molecule has 7 nitrogen and oxygen atoms in total. The van der Waals surface area contributed by atoms with Gasteiger partial charge in [-0.2, -0.15) is 4.31 Å². The number of nitrogens with one attached hydrogen (secondary N) is 1. The molecule has 2 aromatic rings. The van der Waals surface area contributed by atoms with Gasteiger partial charge in [0.2, 0.25) is 15.9 Å². The van der Waals surface area contributed by atoms with Crippen LogP contribution in [0.2, 0.25) is 0 Å². The first-order valence-electron chi connectivity index (χ1n) is 11.1. The normalized spacial score (nSPS) is 16.2. The second-order valence-corrected chi connectivity index (χ2v) is 10.5. The summed E-state index contributed by atoms with van der Waals surface area (Å²) >= 11 is 0. The summed E-state index contributed by atoms with van der Waals surface area (Å²) in [5.41, 5.74) is 3.32. The quantitative estimate of drug-likeness (QED) is 0.623. The fraction of sp³-hybridized carbons (Fsp3) is 0.440. The topological polar surface area (TPSA) is 92.8 Å². The molecular formula is C25H32N2O5S. The third kappa shape index (κ3) is 5.81. The first-order valence-corrected chi connectivity index (χ1v) is 12.6. The van der Waals surface area contributed by atoms with Crippen molar-refractivity contribution in [2.24, 2.45) is 5.92 Å². The number of amides is 1. The second kappa shape index (κ2) is 10.5. The molecule has 1 atom stereocenters. The van der Waals surface area contributed by atoms with E-state index in [4.69, 9.17) is 4.74 Å². The van der Waals surface area contributed by atoms with Gasteiger partial charge < -0.3 is 10.1 Å². The molecule has 2 aromatic carbocycles. The number of rotatable bonds is 7. The van der Waals surface area contributed by atoms with E-state index in [1.807, 2.05) is 63.2 Å². The smallest absolute Gasteiger partial charge is 0.307 e. The molecule has 3 rings (SSSR count). The van der Waals surface area contributed by atoms with Crippen molar-refractivity contribution < 1.29 is 22.7 Å². The van der Waals surface area contributed by atoms with Crippen LogP contribution in [0.4, 0.5) is 0 Å². The molecular weight excluding hydrogens is 440 g/mol. The third-order valence-corrected chi connectivity index (χ3v) is 8.35. The zero-order valence-electron chi connectivity index (χ0n) is 19.6. The fourth-order valence-electron chi connectivity index (χ4n) is 4.54. The van der Waals surface area contributed by atoms with E-state index in [2.05, 4.69) is 5.32 Å². The lowest BCUT2D eigenvalue weighted by molar-refractivity contribution is -0.141. The van der Waals surface area contributed by atoms with Gasteiger partial charge in [-0.05, 0) is 50.3 Å². The molecule has 1 aliphatic rings. The molecule has 1 aliphatic heterocycles. The number of carbonyl (C=O) groups excluding carboxylic acids is 2. The standard InChI is InChI=1S/C25H32N2O5S/c1-17-14-18(2)24(19(3)15-17)33(30,31)27-12-10-21(11-13-27)25(29)26-22(16-23(28)32-4)20-8-6-5-7-9-20/h5-9,14-15,21-22H,10-13,16H2,1-4H3,(H,26,29). The van der Waals surface area contributed by atoms with E-state index in [9.17, 15) is 18.0 Å². The lowest BCUT2D eigenvalue weighted by Crippen LogP contribution is -2.44. The maximum absolute atomic E-state index is 13.3. The highest BCUT2D eigenvalue weighted by atomic mass is 32.2. The van der Waals surface area contributed by atoms with Gasteiger partial charge in [0.25, 0.3) is 0 Å². The summed E-state index contributed by atoms with van der Waals surface area (Å²) in [5, 5.41) is 2.97. The summed E-state index contributed by atoms with van der Waals surface area (Å²) < 4.78 is 32.9. The summed E-state index contributed by atoms with van der Waals surface area (Å²) in [6.07, 6.45) is 0.884. The number of piperidine rings is 1.